The average molecular weight is 1020 g/mol. The number of allylic oxidation sites excluding steroid dienone is 14. The molecule has 0 aliphatic carbocycles. The van der Waals surface area contributed by atoms with Crippen molar-refractivity contribution in [1.29, 1.82) is 0 Å². The molecule has 0 aromatic heterocycles. The van der Waals surface area contributed by atoms with Crippen molar-refractivity contribution in [2.75, 3.05) is 13.2 Å². The predicted octanol–water partition coefficient (Wildman–Crippen LogP) is 21.1. The maximum atomic E-state index is 12.9. The van der Waals surface area contributed by atoms with Gasteiger partial charge in [-0.1, -0.05) is 273 Å². The lowest BCUT2D eigenvalue weighted by Crippen LogP contribution is -2.30. The molecule has 0 N–H and O–H groups in total. The Bertz CT molecular complexity index is 1400. The van der Waals surface area contributed by atoms with E-state index < -0.39 is 6.10 Å². The molecule has 0 saturated carbocycles. The molecule has 0 radical (unpaired) electrons. The zero-order chi connectivity index (χ0) is 52.9. The van der Waals surface area contributed by atoms with Crippen LogP contribution in [0.2, 0.25) is 0 Å². The van der Waals surface area contributed by atoms with Crippen LogP contribution in [0.3, 0.4) is 0 Å². The number of rotatable bonds is 56. The number of unbranched alkanes of at least 4 members (excludes halogenated alkanes) is 31. The molecule has 6 heteroatoms. The number of ether oxygens (including phenoxy) is 3. The SMILES string of the molecule is CC/C=C\C/C=C\C/C=C\C/C=C\C/C=C\CCCCCCCC(=O)OCC(COC(=O)CCCCCCCCCCCCCCC)OC(=O)CCCCCCCCCCC/C=C\C/C=C\CCCCCCC. The summed E-state index contributed by atoms with van der Waals surface area (Å²) in [5, 5.41) is 0. The van der Waals surface area contributed by atoms with Crippen LogP contribution in [0.4, 0.5) is 0 Å². The highest BCUT2D eigenvalue weighted by molar-refractivity contribution is 5.71. The van der Waals surface area contributed by atoms with Gasteiger partial charge in [0, 0.05) is 19.3 Å². The first-order valence-corrected chi connectivity index (χ1v) is 31.1. The van der Waals surface area contributed by atoms with Gasteiger partial charge in [0.15, 0.2) is 6.10 Å². The Morgan fingerprint density at radius 1 is 0.288 bits per heavy atom. The average Bonchev–Trinajstić information content (AvgIpc) is 3.39. The second kappa shape index (κ2) is 61.1. The van der Waals surface area contributed by atoms with Gasteiger partial charge in [0.05, 0.1) is 0 Å². The Kier molecular flexibility index (Phi) is 58.3. The van der Waals surface area contributed by atoms with E-state index in [-0.39, 0.29) is 31.1 Å². The summed E-state index contributed by atoms with van der Waals surface area (Å²) in [6.07, 6.45) is 80.0. The van der Waals surface area contributed by atoms with Crippen molar-refractivity contribution in [2.24, 2.45) is 0 Å². The molecule has 0 heterocycles. The van der Waals surface area contributed by atoms with Crippen LogP contribution < -0.4 is 0 Å². The summed E-state index contributed by atoms with van der Waals surface area (Å²) in [6.45, 7) is 6.52. The number of hydrogen-bond donors (Lipinski definition) is 0. The largest absolute Gasteiger partial charge is 0.462 e. The van der Waals surface area contributed by atoms with Crippen LogP contribution in [-0.4, -0.2) is 37.2 Å². The summed E-state index contributed by atoms with van der Waals surface area (Å²) in [6, 6.07) is 0. The first kappa shape index (κ1) is 69.6. The minimum atomic E-state index is -0.787. The van der Waals surface area contributed by atoms with Gasteiger partial charge in [-0.05, 0) is 96.3 Å². The van der Waals surface area contributed by atoms with Gasteiger partial charge in [0.1, 0.15) is 13.2 Å². The normalized spacial score (nSPS) is 12.6. The Morgan fingerprint density at radius 3 is 0.836 bits per heavy atom. The Hall–Kier alpha value is -3.41. The van der Waals surface area contributed by atoms with Crippen LogP contribution in [0.5, 0.6) is 0 Å². The molecular formula is C67H116O6. The molecule has 0 aliphatic rings. The Balaban J connectivity index is 4.39. The molecule has 0 bridgehead atoms. The minimum absolute atomic E-state index is 0.0822. The van der Waals surface area contributed by atoms with Crippen LogP contribution >= 0.6 is 0 Å². The van der Waals surface area contributed by atoms with Crippen molar-refractivity contribution < 1.29 is 28.6 Å². The summed E-state index contributed by atoms with van der Waals surface area (Å²) >= 11 is 0. The van der Waals surface area contributed by atoms with E-state index in [9.17, 15) is 14.4 Å². The molecular weight excluding hydrogens is 901 g/mol. The number of hydrogen-bond acceptors (Lipinski definition) is 6. The smallest absolute Gasteiger partial charge is 0.306 e. The van der Waals surface area contributed by atoms with Crippen LogP contribution in [0, 0.1) is 0 Å². The van der Waals surface area contributed by atoms with E-state index in [4.69, 9.17) is 14.2 Å². The third-order valence-corrected chi connectivity index (χ3v) is 13.4. The molecule has 0 saturated heterocycles. The van der Waals surface area contributed by atoms with Crippen LogP contribution in [0.25, 0.3) is 0 Å². The zero-order valence-electron chi connectivity index (χ0n) is 48.1. The fourth-order valence-corrected chi connectivity index (χ4v) is 8.74. The highest BCUT2D eigenvalue weighted by Gasteiger charge is 2.19. The van der Waals surface area contributed by atoms with E-state index in [1.165, 1.54) is 148 Å². The van der Waals surface area contributed by atoms with Crippen LogP contribution in [0.15, 0.2) is 85.1 Å². The maximum Gasteiger partial charge on any atom is 0.306 e. The molecule has 0 amide bonds. The topological polar surface area (TPSA) is 78.9 Å². The molecule has 0 rings (SSSR count). The summed E-state index contributed by atoms with van der Waals surface area (Å²) in [7, 11) is 0. The highest BCUT2D eigenvalue weighted by atomic mass is 16.6. The predicted molar refractivity (Wildman–Crippen MR) is 316 cm³/mol. The van der Waals surface area contributed by atoms with Gasteiger partial charge in [-0.3, -0.25) is 14.4 Å². The van der Waals surface area contributed by atoms with Gasteiger partial charge >= 0.3 is 17.9 Å². The van der Waals surface area contributed by atoms with Crippen LogP contribution in [-0.2, 0) is 28.6 Å². The molecule has 0 spiro atoms. The van der Waals surface area contributed by atoms with Gasteiger partial charge in [-0.2, -0.15) is 0 Å². The number of carbonyl (C=O) groups excluding carboxylic acids is 3. The summed E-state index contributed by atoms with van der Waals surface area (Å²) in [5.41, 5.74) is 0. The van der Waals surface area contributed by atoms with E-state index in [0.29, 0.717) is 19.3 Å². The van der Waals surface area contributed by atoms with Crippen molar-refractivity contribution >= 4 is 17.9 Å². The van der Waals surface area contributed by atoms with Gasteiger partial charge in [0.2, 0.25) is 0 Å². The third kappa shape index (κ3) is 59.3. The van der Waals surface area contributed by atoms with Gasteiger partial charge in [-0.25, -0.2) is 0 Å². The molecule has 6 nitrogen and oxygen atoms in total. The summed E-state index contributed by atoms with van der Waals surface area (Å²) < 4.78 is 16.9. The summed E-state index contributed by atoms with van der Waals surface area (Å²) in [5.74, 6) is -0.895. The first-order chi connectivity index (χ1) is 36.0. The molecule has 73 heavy (non-hydrogen) atoms. The summed E-state index contributed by atoms with van der Waals surface area (Å²) in [4.78, 5) is 38.3. The Labute approximate surface area is 452 Å². The zero-order valence-corrected chi connectivity index (χ0v) is 48.1. The lowest BCUT2D eigenvalue weighted by Gasteiger charge is -2.18. The van der Waals surface area contributed by atoms with E-state index in [1.807, 2.05) is 0 Å². The second-order valence-electron chi connectivity index (χ2n) is 20.6. The lowest BCUT2D eigenvalue weighted by molar-refractivity contribution is -0.167. The van der Waals surface area contributed by atoms with Crippen molar-refractivity contribution in [3.63, 3.8) is 0 Å². The third-order valence-electron chi connectivity index (χ3n) is 13.4. The lowest BCUT2D eigenvalue weighted by atomic mass is 10.0. The van der Waals surface area contributed by atoms with Crippen molar-refractivity contribution in [3.8, 4) is 0 Å². The number of esters is 3. The number of carbonyl (C=O) groups is 3. The van der Waals surface area contributed by atoms with E-state index in [2.05, 4.69) is 106 Å². The van der Waals surface area contributed by atoms with E-state index in [0.717, 1.165) is 116 Å². The van der Waals surface area contributed by atoms with Crippen molar-refractivity contribution in [3.05, 3.63) is 85.1 Å². The second-order valence-corrected chi connectivity index (χ2v) is 20.6. The first-order valence-electron chi connectivity index (χ1n) is 31.1. The molecule has 420 valence electrons. The molecule has 0 aliphatic heterocycles. The Morgan fingerprint density at radius 2 is 0.534 bits per heavy atom. The molecule has 1 unspecified atom stereocenters. The highest BCUT2D eigenvalue weighted by Crippen LogP contribution is 2.16. The maximum absolute atomic E-state index is 12.9. The fraction of sp³-hybridized carbons (Fsp3) is 0.746. The molecule has 0 aromatic carbocycles. The van der Waals surface area contributed by atoms with E-state index in [1.54, 1.807) is 0 Å². The fourth-order valence-electron chi connectivity index (χ4n) is 8.74. The monoisotopic (exact) mass is 1020 g/mol. The molecule has 0 aromatic rings. The molecule has 0 fully saturated rings. The van der Waals surface area contributed by atoms with Gasteiger partial charge in [-0.15, -0.1) is 0 Å². The van der Waals surface area contributed by atoms with E-state index >= 15 is 0 Å². The standard InChI is InChI=1S/C67H116O6/c1-4-7-10-13-16-19-22-25-27-29-31-33-35-37-39-42-45-48-51-54-57-60-66(69)72-63-64(62-71-65(68)59-56-53-50-47-44-41-24-21-18-15-12-9-6-3)73-67(70)61-58-55-52-49-46-43-40-38-36-34-32-30-28-26-23-20-17-14-11-8-5-2/h7,10,16,19,23,25-27,30-33,37,39,64H,4-6,8-9,11-15,17-18,20-22,24,28-29,34-36,38,40-63H2,1-3H3/b10-7-,19-16-,26-23-,27-25-,32-30-,33-31-,39-37-. The van der Waals surface area contributed by atoms with Crippen LogP contribution in [0.1, 0.15) is 303 Å². The van der Waals surface area contributed by atoms with Gasteiger partial charge < -0.3 is 14.2 Å². The van der Waals surface area contributed by atoms with Crippen molar-refractivity contribution in [2.45, 2.75) is 309 Å². The minimum Gasteiger partial charge on any atom is -0.462 e. The van der Waals surface area contributed by atoms with Gasteiger partial charge in [0.25, 0.3) is 0 Å². The quantitative estimate of drug-likeness (QED) is 0.0261. The molecule has 1 atom stereocenters. The van der Waals surface area contributed by atoms with Crippen molar-refractivity contribution in [1.82, 2.24) is 0 Å².